The van der Waals surface area contributed by atoms with Gasteiger partial charge in [0.1, 0.15) is 0 Å². The number of methoxy groups -OCH3 is 2. The molecule has 0 amide bonds. The summed E-state index contributed by atoms with van der Waals surface area (Å²) in [6.07, 6.45) is 0. The van der Waals surface area contributed by atoms with E-state index in [-0.39, 0.29) is 12.0 Å². The lowest BCUT2D eigenvalue weighted by atomic mass is 9.84. The molecule has 1 rings (SSSR count). The Morgan fingerprint density at radius 3 is 2.42 bits per heavy atom. The van der Waals surface area contributed by atoms with Gasteiger partial charge < -0.3 is 19.9 Å². The molecule has 5 heteroatoms. The monoisotopic (exact) mass is 267 g/mol. The topological polar surface area (TPSA) is 67.8 Å². The van der Waals surface area contributed by atoms with Crippen LogP contribution in [0.5, 0.6) is 11.5 Å². The summed E-state index contributed by atoms with van der Waals surface area (Å²) >= 11 is 0. The van der Waals surface area contributed by atoms with Gasteiger partial charge in [-0.05, 0) is 17.7 Å². The van der Waals surface area contributed by atoms with Crippen molar-refractivity contribution in [3.8, 4) is 11.5 Å². The maximum atomic E-state index is 10.5. The molecule has 0 aliphatic heterocycles. The molecule has 0 heterocycles. The number of rotatable bonds is 7. The van der Waals surface area contributed by atoms with Crippen molar-refractivity contribution in [1.29, 1.82) is 0 Å². The van der Waals surface area contributed by atoms with Crippen molar-refractivity contribution >= 4 is 5.97 Å². The minimum Gasteiger partial charge on any atom is -0.493 e. The molecule has 5 nitrogen and oxygen atoms in total. The highest BCUT2D eigenvalue weighted by atomic mass is 16.5. The average molecular weight is 267 g/mol. The van der Waals surface area contributed by atoms with Gasteiger partial charge in [-0.15, -0.1) is 0 Å². The van der Waals surface area contributed by atoms with Crippen LogP contribution in [-0.4, -0.2) is 38.4 Å². The summed E-state index contributed by atoms with van der Waals surface area (Å²) < 4.78 is 10.5. The number of benzene rings is 1. The number of carbonyl (C=O) groups is 1. The number of carboxylic acids is 1. The van der Waals surface area contributed by atoms with E-state index in [9.17, 15) is 4.79 Å². The van der Waals surface area contributed by atoms with Gasteiger partial charge in [-0.25, -0.2) is 0 Å². The molecule has 1 aromatic carbocycles. The summed E-state index contributed by atoms with van der Waals surface area (Å²) in [7, 11) is 3.19. The van der Waals surface area contributed by atoms with Gasteiger partial charge in [-0.1, -0.05) is 19.9 Å². The lowest BCUT2D eigenvalue weighted by Gasteiger charge is -2.26. The van der Waals surface area contributed by atoms with Gasteiger partial charge in [-0.3, -0.25) is 4.79 Å². The standard InChI is InChI=1S/C14H21NO4/c1-14(2,9-15-8-13(16)17)10-5-6-11(18-3)12(7-10)19-4/h5-7,15H,8-9H2,1-4H3,(H,16,17). The highest BCUT2D eigenvalue weighted by molar-refractivity contribution is 5.69. The first-order valence-corrected chi connectivity index (χ1v) is 6.05. The molecule has 0 spiro atoms. The van der Waals surface area contributed by atoms with Crippen LogP contribution >= 0.6 is 0 Å². The summed E-state index contributed by atoms with van der Waals surface area (Å²) in [5.41, 5.74) is 0.859. The van der Waals surface area contributed by atoms with Crippen molar-refractivity contribution in [2.75, 3.05) is 27.3 Å². The summed E-state index contributed by atoms with van der Waals surface area (Å²) in [4.78, 5) is 10.5. The smallest absolute Gasteiger partial charge is 0.317 e. The first kappa shape index (κ1) is 15.3. The molecule has 0 unspecified atom stereocenters. The Morgan fingerprint density at radius 2 is 1.89 bits per heavy atom. The number of carboxylic acid groups (broad SMARTS) is 1. The van der Waals surface area contributed by atoms with Crippen molar-refractivity contribution in [1.82, 2.24) is 5.32 Å². The second-order valence-electron chi connectivity index (χ2n) is 4.95. The third-order valence-corrected chi connectivity index (χ3v) is 3.01. The van der Waals surface area contributed by atoms with Crippen molar-refractivity contribution in [3.05, 3.63) is 23.8 Å². The lowest BCUT2D eigenvalue weighted by molar-refractivity contribution is -0.136. The van der Waals surface area contributed by atoms with E-state index in [2.05, 4.69) is 5.32 Å². The largest absolute Gasteiger partial charge is 0.493 e. The van der Waals surface area contributed by atoms with Crippen molar-refractivity contribution in [2.24, 2.45) is 0 Å². The van der Waals surface area contributed by atoms with Crippen LogP contribution in [-0.2, 0) is 10.2 Å². The Kier molecular flexibility index (Phi) is 5.18. The molecule has 1 aromatic rings. The molecule has 106 valence electrons. The molecule has 0 aromatic heterocycles. The predicted molar refractivity (Wildman–Crippen MR) is 73.1 cm³/mol. The van der Waals surface area contributed by atoms with E-state index in [1.54, 1.807) is 14.2 Å². The zero-order valence-corrected chi connectivity index (χ0v) is 11.8. The minimum absolute atomic E-state index is 0.0449. The predicted octanol–water partition coefficient (Wildman–Crippen LogP) is 1.66. The first-order chi connectivity index (χ1) is 8.90. The molecule has 0 fully saturated rings. The van der Waals surface area contributed by atoms with E-state index in [4.69, 9.17) is 14.6 Å². The van der Waals surface area contributed by atoms with Gasteiger partial charge in [0.05, 0.1) is 20.8 Å². The molecular weight excluding hydrogens is 246 g/mol. The summed E-state index contributed by atoms with van der Waals surface area (Å²) in [6, 6.07) is 5.73. The zero-order chi connectivity index (χ0) is 14.5. The maximum absolute atomic E-state index is 10.5. The number of ether oxygens (including phenoxy) is 2. The molecule has 19 heavy (non-hydrogen) atoms. The zero-order valence-electron chi connectivity index (χ0n) is 11.8. The van der Waals surface area contributed by atoms with Crippen molar-refractivity contribution < 1.29 is 19.4 Å². The van der Waals surface area contributed by atoms with Crippen LogP contribution in [0.25, 0.3) is 0 Å². The van der Waals surface area contributed by atoms with Crippen LogP contribution in [0.3, 0.4) is 0 Å². The number of hydrogen-bond donors (Lipinski definition) is 2. The normalized spacial score (nSPS) is 11.2. The molecule has 0 radical (unpaired) electrons. The fourth-order valence-electron chi connectivity index (χ4n) is 1.84. The molecule has 2 N–H and O–H groups in total. The second-order valence-corrected chi connectivity index (χ2v) is 4.95. The summed E-state index contributed by atoms with van der Waals surface area (Å²) in [6.45, 7) is 4.61. The Morgan fingerprint density at radius 1 is 1.26 bits per heavy atom. The minimum atomic E-state index is -0.858. The fraction of sp³-hybridized carbons (Fsp3) is 0.500. The van der Waals surface area contributed by atoms with Crippen LogP contribution < -0.4 is 14.8 Å². The highest BCUT2D eigenvalue weighted by Gasteiger charge is 2.22. The van der Waals surface area contributed by atoms with Gasteiger partial charge >= 0.3 is 5.97 Å². The third kappa shape index (κ3) is 4.13. The van der Waals surface area contributed by atoms with E-state index < -0.39 is 5.97 Å². The Bertz CT molecular complexity index is 443. The van der Waals surface area contributed by atoms with E-state index >= 15 is 0 Å². The van der Waals surface area contributed by atoms with E-state index in [1.807, 2.05) is 32.0 Å². The fourth-order valence-corrected chi connectivity index (χ4v) is 1.84. The molecule has 0 bridgehead atoms. The maximum Gasteiger partial charge on any atom is 0.317 e. The summed E-state index contributed by atoms with van der Waals surface area (Å²) in [5, 5.41) is 11.6. The highest BCUT2D eigenvalue weighted by Crippen LogP contribution is 2.32. The molecule has 0 saturated carbocycles. The molecule has 0 aliphatic rings. The Balaban J connectivity index is 2.85. The van der Waals surface area contributed by atoms with Crippen LogP contribution in [0.4, 0.5) is 0 Å². The Hall–Kier alpha value is -1.75. The van der Waals surface area contributed by atoms with Crippen molar-refractivity contribution in [3.63, 3.8) is 0 Å². The summed E-state index contributed by atoms with van der Waals surface area (Å²) in [5.74, 6) is 0.495. The molecule has 0 atom stereocenters. The second kappa shape index (κ2) is 6.43. The molecule has 0 aliphatic carbocycles. The van der Waals surface area contributed by atoms with E-state index in [0.29, 0.717) is 18.0 Å². The van der Waals surface area contributed by atoms with Crippen LogP contribution in [0.1, 0.15) is 19.4 Å². The number of nitrogens with one attached hydrogen (secondary N) is 1. The van der Waals surface area contributed by atoms with Crippen molar-refractivity contribution in [2.45, 2.75) is 19.3 Å². The van der Waals surface area contributed by atoms with Gasteiger partial charge in [0.15, 0.2) is 11.5 Å². The van der Waals surface area contributed by atoms with Crippen LogP contribution in [0.2, 0.25) is 0 Å². The van der Waals surface area contributed by atoms with Gasteiger partial charge in [0.25, 0.3) is 0 Å². The third-order valence-electron chi connectivity index (χ3n) is 3.01. The van der Waals surface area contributed by atoms with Gasteiger partial charge in [0, 0.05) is 12.0 Å². The molecular formula is C14H21NO4. The number of aliphatic carboxylic acids is 1. The van der Waals surface area contributed by atoms with Gasteiger partial charge in [0.2, 0.25) is 0 Å². The first-order valence-electron chi connectivity index (χ1n) is 6.05. The van der Waals surface area contributed by atoms with Gasteiger partial charge in [-0.2, -0.15) is 0 Å². The average Bonchev–Trinajstić information content (AvgIpc) is 2.37. The molecule has 0 saturated heterocycles. The SMILES string of the molecule is COc1ccc(C(C)(C)CNCC(=O)O)cc1OC. The van der Waals surface area contributed by atoms with Crippen LogP contribution in [0, 0.1) is 0 Å². The van der Waals surface area contributed by atoms with E-state index in [1.165, 1.54) is 0 Å². The quantitative estimate of drug-likeness (QED) is 0.786. The van der Waals surface area contributed by atoms with E-state index in [0.717, 1.165) is 5.56 Å². The van der Waals surface area contributed by atoms with Crippen LogP contribution in [0.15, 0.2) is 18.2 Å². The Labute approximate surface area is 113 Å². The lowest BCUT2D eigenvalue weighted by Crippen LogP contribution is -2.35. The number of hydrogen-bond acceptors (Lipinski definition) is 4.